The Bertz CT molecular complexity index is 112. The summed E-state index contributed by atoms with van der Waals surface area (Å²) in [6, 6.07) is 0. The van der Waals surface area contributed by atoms with Crippen LogP contribution in [0.5, 0.6) is 0 Å². The fourth-order valence-corrected chi connectivity index (χ4v) is 2.46. The van der Waals surface area contributed by atoms with Gasteiger partial charge in [-0.3, -0.25) is 0 Å². The van der Waals surface area contributed by atoms with E-state index in [-0.39, 0.29) is 11.2 Å². The Kier molecular flexibility index (Phi) is 3.73. The van der Waals surface area contributed by atoms with Crippen molar-refractivity contribution in [2.75, 3.05) is 12.5 Å². The van der Waals surface area contributed by atoms with E-state index in [4.69, 9.17) is 4.18 Å². The standard InChI is InChI=1S/C9H19OS/c1-8-5-4-6-9(7-8)10-11(2)3/h8-9H,4-7H2,1-3H3/q+1/t8-,9-/m0/s1. The molecule has 0 aromatic rings. The van der Waals surface area contributed by atoms with Gasteiger partial charge < -0.3 is 0 Å². The summed E-state index contributed by atoms with van der Waals surface area (Å²) in [7, 11) is 0. The zero-order valence-electron chi connectivity index (χ0n) is 7.80. The lowest BCUT2D eigenvalue weighted by Crippen LogP contribution is -2.23. The van der Waals surface area contributed by atoms with Crippen molar-refractivity contribution < 1.29 is 4.18 Å². The van der Waals surface area contributed by atoms with Gasteiger partial charge in [0.1, 0.15) is 29.8 Å². The van der Waals surface area contributed by atoms with Crippen LogP contribution in [0.4, 0.5) is 0 Å². The van der Waals surface area contributed by atoms with E-state index in [1.807, 2.05) is 0 Å². The van der Waals surface area contributed by atoms with Crippen LogP contribution in [0, 0.1) is 5.92 Å². The summed E-state index contributed by atoms with van der Waals surface area (Å²) >= 11 is 0.172. The molecule has 2 atom stereocenters. The molecule has 0 radical (unpaired) electrons. The van der Waals surface area contributed by atoms with Crippen molar-refractivity contribution >= 4 is 11.2 Å². The van der Waals surface area contributed by atoms with E-state index >= 15 is 0 Å². The number of hydrogen-bond acceptors (Lipinski definition) is 1. The van der Waals surface area contributed by atoms with Crippen LogP contribution in [0.3, 0.4) is 0 Å². The van der Waals surface area contributed by atoms with Crippen LogP contribution in [0.15, 0.2) is 0 Å². The van der Waals surface area contributed by atoms with Crippen molar-refractivity contribution in [1.29, 1.82) is 0 Å². The van der Waals surface area contributed by atoms with Gasteiger partial charge in [-0.25, -0.2) is 0 Å². The topological polar surface area (TPSA) is 9.23 Å². The van der Waals surface area contributed by atoms with Gasteiger partial charge in [0.2, 0.25) is 0 Å². The third-order valence-corrected chi connectivity index (χ3v) is 2.87. The monoisotopic (exact) mass is 175 g/mol. The predicted molar refractivity (Wildman–Crippen MR) is 51.7 cm³/mol. The quantitative estimate of drug-likeness (QED) is 0.585. The molecule has 11 heavy (non-hydrogen) atoms. The van der Waals surface area contributed by atoms with E-state index < -0.39 is 0 Å². The molecule has 2 heteroatoms. The lowest BCUT2D eigenvalue weighted by molar-refractivity contribution is 0.150. The van der Waals surface area contributed by atoms with Crippen molar-refractivity contribution in [3.63, 3.8) is 0 Å². The molecule has 1 saturated carbocycles. The molecule has 0 unspecified atom stereocenters. The number of hydrogen-bond donors (Lipinski definition) is 0. The second kappa shape index (κ2) is 4.36. The lowest BCUT2D eigenvalue weighted by Gasteiger charge is -2.23. The second-order valence-corrected chi connectivity index (χ2v) is 5.41. The zero-order chi connectivity index (χ0) is 8.27. The van der Waals surface area contributed by atoms with Crippen LogP contribution in [0.1, 0.15) is 32.6 Å². The van der Waals surface area contributed by atoms with Crippen LogP contribution in [0.2, 0.25) is 0 Å². The first-order valence-corrected chi connectivity index (χ1v) is 6.40. The Morgan fingerprint density at radius 3 is 2.55 bits per heavy atom. The first-order chi connectivity index (χ1) is 5.18. The highest BCUT2D eigenvalue weighted by Gasteiger charge is 2.23. The van der Waals surface area contributed by atoms with Gasteiger partial charge in [0.15, 0.2) is 0 Å². The molecule has 1 rings (SSSR count). The molecule has 0 saturated heterocycles. The maximum atomic E-state index is 5.79. The van der Waals surface area contributed by atoms with Crippen molar-refractivity contribution in [3.8, 4) is 0 Å². The van der Waals surface area contributed by atoms with Crippen LogP contribution in [0.25, 0.3) is 0 Å². The molecule has 1 aliphatic rings. The first-order valence-electron chi connectivity index (χ1n) is 4.43. The van der Waals surface area contributed by atoms with Gasteiger partial charge in [0.05, 0.1) is 0 Å². The van der Waals surface area contributed by atoms with Crippen LogP contribution in [-0.2, 0) is 15.4 Å². The molecule has 1 fully saturated rings. The van der Waals surface area contributed by atoms with Gasteiger partial charge in [0.25, 0.3) is 0 Å². The van der Waals surface area contributed by atoms with E-state index in [2.05, 4.69) is 19.4 Å². The normalized spacial score (nSPS) is 32.7. The van der Waals surface area contributed by atoms with Crippen molar-refractivity contribution in [1.82, 2.24) is 0 Å². The summed E-state index contributed by atoms with van der Waals surface area (Å²) in [5.41, 5.74) is 0. The summed E-state index contributed by atoms with van der Waals surface area (Å²) in [5, 5.41) is 0. The highest BCUT2D eigenvalue weighted by molar-refractivity contribution is 7.90. The maximum absolute atomic E-state index is 5.79. The number of rotatable bonds is 2. The molecule has 1 nitrogen and oxygen atoms in total. The van der Waals surface area contributed by atoms with Gasteiger partial charge in [-0.15, -0.1) is 0 Å². The van der Waals surface area contributed by atoms with Gasteiger partial charge >= 0.3 is 0 Å². The van der Waals surface area contributed by atoms with Crippen LogP contribution < -0.4 is 0 Å². The van der Waals surface area contributed by atoms with E-state index in [1.165, 1.54) is 25.7 Å². The van der Waals surface area contributed by atoms with E-state index in [9.17, 15) is 0 Å². The Balaban J connectivity index is 2.23. The lowest BCUT2D eigenvalue weighted by atomic mass is 9.89. The highest BCUT2D eigenvalue weighted by atomic mass is 32.2. The highest BCUT2D eigenvalue weighted by Crippen LogP contribution is 2.26. The summed E-state index contributed by atoms with van der Waals surface area (Å²) in [6.45, 7) is 2.33. The fraction of sp³-hybridized carbons (Fsp3) is 1.00. The van der Waals surface area contributed by atoms with Gasteiger partial charge in [-0.05, 0) is 18.8 Å². The van der Waals surface area contributed by atoms with Gasteiger partial charge in [-0.1, -0.05) is 19.8 Å². The molecular weight excluding hydrogens is 156 g/mol. The molecule has 66 valence electrons. The molecule has 0 aliphatic heterocycles. The van der Waals surface area contributed by atoms with Gasteiger partial charge in [0, 0.05) is 0 Å². The minimum absolute atomic E-state index is 0.172. The molecule has 0 aromatic carbocycles. The average Bonchev–Trinajstić information content (AvgIpc) is 1.85. The molecule has 1 aliphatic carbocycles. The minimum Gasteiger partial charge on any atom is -0.171 e. The van der Waals surface area contributed by atoms with Gasteiger partial charge in [-0.2, -0.15) is 4.18 Å². The fourth-order valence-electron chi connectivity index (χ4n) is 1.74. The van der Waals surface area contributed by atoms with Crippen LogP contribution >= 0.6 is 0 Å². The average molecular weight is 175 g/mol. The molecule has 0 spiro atoms. The summed E-state index contributed by atoms with van der Waals surface area (Å²) in [6.07, 6.45) is 10.2. The molecule has 0 bridgehead atoms. The largest absolute Gasteiger partial charge is 0.171 e. The van der Waals surface area contributed by atoms with E-state index in [0.717, 1.165) is 5.92 Å². The molecule has 0 heterocycles. The molecule has 0 aromatic heterocycles. The van der Waals surface area contributed by atoms with E-state index in [0.29, 0.717) is 6.10 Å². The second-order valence-electron chi connectivity index (χ2n) is 3.73. The SMILES string of the molecule is C[C@H]1CCC[C@H](O[S+](C)C)C1. The summed E-state index contributed by atoms with van der Waals surface area (Å²) in [4.78, 5) is 0. The summed E-state index contributed by atoms with van der Waals surface area (Å²) < 4.78 is 5.79. The third-order valence-electron chi connectivity index (χ3n) is 2.22. The first kappa shape index (κ1) is 9.40. The molecule has 0 amide bonds. The minimum atomic E-state index is 0.172. The van der Waals surface area contributed by atoms with Crippen molar-refractivity contribution in [2.45, 2.75) is 38.7 Å². The molecular formula is C9H19OS+. The Hall–Kier alpha value is 0.310. The Morgan fingerprint density at radius 1 is 1.27 bits per heavy atom. The van der Waals surface area contributed by atoms with Crippen molar-refractivity contribution in [3.05, 3.63) is 0 Å². The zero-order valence-corrected chi connectivity index (χ0v) is 8.62. The Morgan fingerprint density at radius 2 is 2.00 bits per heavy atom. The third kappa shape index (κ3) is 3.48. The predicted octanol–water partition coefficient (Wildman–Crippen LogP) is 2.37. The summed E-state index contributed by atoms with van der Waals surface area (Å²) in [5.74, 6) is 0.886. The van der Waals surface area contributed by atoms with Crippen molar-refractivity contribution in [2.24, 2.45) is 5.92 Å². The Labute approximate surface area is 73.1 Å². The molecule has 0 N–H and O–H groups in total. The smallest absolute Gasteiger partial charge is 0.141 e. The van der Waals surface area contributed by atoms with Crippen LogP contribution in [-0.4, -0.2) is 18.6 Å². The maximum Gasteiger partial charge on any atom is 0.141 e. The van der Waals surface area contributed by atoms with E-state index in [1.54, 1.807) is 0 Å².